The number of hydrogen-bond donors (Lipinski definition) is 0. The predicted octanol–water partition coefficient (Wildman–Crippen LogP) is 1.61. The van der Waals surface area contributed by atoms with E-state index in [0.717, 1.165) is 0 Å². The van der Waals surface area contributed by atoms with Crippen molar-refractivity contribution >= 4 is 11.9 Å². The van der Waals surface area contributed by atoms with Gasteiger partial charge in [0.05, 0.1) is 43.9 Å². The van der Waals surface area contributed by atoms with Crippen LogP contribution in [0.25, 0.3) is 11.3 Å². The number of fused-ring (bicyclic) bond motifs is 3. The average Bonchev–Trinajstić information content (AvgIpc) is 2.95. The topological polar surface area (TPSA) is 126 Å². The van der Waals surface area contributed by atoms with Crippen LogP contribution in [-0.2, 0) is 24.5 Å². The van der Waals surface area contributed by atoms with Gasteiger partial charge in [0.15, 0.2) is 11.4 Å². The smallest absolute Gasteiger partial charge is 0.306 e. The van der Waals surface area contributed by atoms with E-state index >= 15 is 0 Å². The number of rotatable bonds is 4. The highest BCUT2D eigenvalue weighted by Gasteiger charge is 2.49. The van der Waals surface area contributed by atoms with Crippen LogP contribution in [0, 0.1) is 22.7 Å². The summed E-state index contributed by atoms with van der Waals surface area (Å²) in [5, 5.41) is 18.6. The first-order valence-corrected chi connectivity index (χ1v) is 7.97. The van der Waals surface area contributed by atoms with E-state index in [9.17, 15) is 20.1 Å². The molecule has 27 heavy (non-hydrogen) atoms. The summed E-state index contributed by atoms with van der Waals surface area (Å²) in [6.07, 6.45) is -0.373. The number of carbonyl (C=O) groups is 2. The molecule has 0 radical (unpaired) electrons. The molecule has 134 valence electrons. The molecular formula is C19H14N4O4. The molecule has 0 atom stereocenters. The van der Waals surface area contributed by atoms with Crippen LogP contribution in [0.1, 0.15) is 35.5 Å². The fraction of sp³-hybridized carbons (Fsp3) is 0.263. The molecule has 1 aromatic heterocycles. The lowest BCUT2D eigenvalue weighted by Gasteiger charge is -2.28. The zero-order valence-electron chi connectivity index (χ0n) is 14.6. The maximum atomic E-state index is 12.2. The van der Waals surface area contributed by atoms with E-state index in [2.05, 4.69) is 9.97 Å². The van der Waals surface area contributed by atoms with Crippen molar-refractivity contribution in [3.05, 3.63) is 46.9 Å². The number of carbonyl (C=O) groups excluding carboxylic acids is 2. The van der Waals surface area contributed by atoms with E-state index in [1.807, 2.05) is 12.1 Å². The number of methoxy groups -OCH3 is 2. The lowest BCUT2D eigenvalue weighted by Crippen LogP contribution is -2.33. The molecule has 2 aromatic rings. The second-order valence-corrected chi connectivity index (χ2v) is 5.98. The molecule has 8 nitrogen and oxygen atoms in total. The van der Waals surface area contributed by atoms with Gasteiger partial charge in [0.2, 0.25) is 0 Å². The number of nitriles is 2. The minimum atomic E-state index is -1.20. The first-order chi connectivity index (χ1) is 13.0. The summed E-state index contributed by atoms with van der Waals surface area (Å²) >= 11 is 0. The third-order valence-electron chi connectivity index (χ3n) is 4.61. The maximum absolute atomic E-state index is 12.2. The third kappa shape index (κ3) is 2.77. The molecule has 1 aliphatic carbocycles. The van der Waals surface area contributed by atoms with Gasteiger partial charge in [-0.1, -0.05) is 24.3 Å². The van der Waals surface area contributed by atoms with Gasteiger partial charge in [-0.15, -0.1) is 0 Å². The molecule has 1 aliphatic rings. The largest absolute Gasteiger partial charge is 0.469 e. The molecular weight excluding hydrogens is 348 g/mol. The second kappa shape index (κ2) is 6.85. The molecule has 0 unspecified atom stereocenters. The summed E-state index contributed by atoms with van der Waals surface area (Å²) in [6, 6.07) is 10.8. The number of esters is 2. The molecule has 8 heteroatoms. The van der Waals surface area contributed by atoms with Crippen molar-refractivity contribution in [1.82, 2.24) is 9.97 Å². The van der Waals surface area contributed by atoms with Crippen LogP contribution < -0.4 is 0 Å². The van der Waals surface area contributed by atoms with E-state index in [1.54, 1.807) is 24.3 Å². The summed E-state index contributed by atoms with van der Waals surface area (Å²) in [4.78, 5) is 33.0. The minimum Gasteiger partial charge on any atom is -0.469 e. The summed E-state index contributed by atoms with van der Waals surface area (Å²) in [5.41, 5.74) is 0.479. The van der Waals surface area contributed by atoms with Gasteiger partial charge in [-0.05, 0) is 5.56 Å². The van der Waals surface area contributed by atoms with Crippen LogP contribution in [-0.4, -0.2) is 36.1 Å². The van der Waals surface area contributed by atoms with Crippen molar-refractivity contribution in [1.29, 1.82) is 10.5 Å². The molecule has 0 aliphatic heterocycles. The number of ether oxygens (including phenoxy) is 2. The van der Waals surface area contributed by atoms with E-state index in [1.165, 1.54) is 14.2 Å². The van der Waals surface area contributed by atoms with Crippen molar-refractivity contribution in [3.63, 3.8) is 0 Å². The molecule has 0 bridgehead atoms. The maximum Gasteiger partial charge on any atom is 0.306 e. The van der Waals surface area contributed by atoms with Crippen molar-refractivity contribution in [2.45, 2.75) is 18.3 Å². The highest BCUT2D eigenvalue weighted by atomic mass is 16.5. The van der Waals surface area contributed by atoms with Crippen molar-refractivity contribution in [2.75, 3.05) is 14.2 Å². The van der Waals surface area contributed by atoms with Crippen molar-refractivity contribution in [2.24, 2.45) is 0 Å². The number of hydrogen-bond acceptors (Lipinski definition) is 8. The SMILES string of the molecule is COC(=O)CC1(CC(=O)OC)c2ccccc2-c2nc(C#N)c(C#N)nc21. The minimum absolute atomic E-state index is 0.113. The molecule has 1 aromatic carbocycles. The van der Waals surface area contributed by atoms with Crippen LogP contribution in [0.15, 0.2) is 24.3 Å². The van der Waals surface area contributed by atoms with Gasteiger partial charge in [-0.2, -0.15) is 10.5 Å². The molecule has 0 saturated heterocycles. The Morgan fingerprint density at radius 3 is 2.11 bits per heavy atom. The summed E-state index contributed by atoms with van der Waals surface area (Å²) < 4.78 is 9.65. The Hall–Kier alpha value is -3.78. The monoisotopic (exact) mass is 362 g/mol. The first kappa shape index (κ1) is 18.0. The van der Waals surface area contributed by atoms with Gasteiger partial charge in [0.1, 0.15) is 12.1 Å². The quantitative estimate of drug-likeness (QED) is 0.751. The zero-order valence-corrected chi connectivity index (χ0v) is 14.6. The first-order valence-electron chi connectivity index (χ1n) is 7.97. The van der Waals surface area contributed by atoms with Gasteiger partial charge in [-0.3, -0.25) is 9.59 Å². The normalized spacial score (nSPS) is 12.9. The van der Waals surface area contributed by atoms with Gasteiger partial charge in [-0.25, -0.2) is 9.97 Å². The molecule has 0 amide bonds. The number of nitrogens with zero attached hydrogens (tertiary/aromatic N) is 4. The Balaban J connectivity index is 2.37. The molecule has 1 heterocycles. The summed E-state index contributed by atoms with van der Waals surface area (Å²) in [7, 11) is 2.50. The van der Waals surface area contributed by atoms with Crippen LogP contribution in [0.5, 0.6) is 0 Å². The standard InChI is InChI=1S/C19H14N4O4/c1-26-15(24)7-19(8-16(25)27-2)12-6-4-3-5-11(12)17-18(19)23-14(10-21)13(9-20)22-17/h3-6H,7-8H2,1-2H3. The summed E-state index contributed by atoms with van der Waals surface area (Å²) in [5.74, 6) is -1.10. The number of benzene rings is 1. The Morgan fingerprint density at radius 2 is 1.56 bits per heavy atom. The van der Waals surface area contributed by atoms with Gasteiger partial charge in [0, 0.05) is 5.56 Å². The zero-order chi connectivity index (χ0) is 19.6. The summed E-state index contributed by atoms with van der Waals surface area (Å²) in [6.45, 7) is 0. The van der Waals surface area contributed by atoms with Crippen molar-refractivity contribution < 1.29 is 19.1 Å². The molecule has 0 N–H and O–H groups in total. The number of aromatic nitrogens is 2. The Kier molecular flexibility index (Phi) is 4.57. The Morgan fingerprint density at radius 1 is 1.00 bits per heavy atom. The fourth-order valence-corrected chi connectivity index (χ4v) is 3.40. The van der Waals surface area contributed by atoms with Crippen LogP contribution in [0.4, 0.5) is 0 Å². The van der Waals surface area contributed by atoms with E-state index in [4.69, 9.17) is 9.47 Å². The van der Waals surface area contributed by atoms with E-state index in [0.29, 0.717) is 16.8 Å². The lowest BCUT2D eigenvalue weighted by molar-refractivity contribution is -0.144. The van der Waals surface area contributed by atoms with Gasteiger partial charge >= 0.3 is 11.9 Å². The Labute approximate surface area is 155 Å². The molecule has 0 spiro atoms. The van der Waals surface area contributed by atoms with E-state index < -0.39 is 17.4 Å². The lowest BCUT2D eigenvalue weighted by atomic mass is 9.75. The third-order valence-corrected chi connectivity index (χ3v) is 4.61. The average molecular weight is 362 g/mol. The van der Waals surface area contributed by atoms with Crippen LogP contribution in [0.3, 0.4) is 0 Å². The van der Waals surface area contributed by atoms with Crippen molar-refractivity contribution in [3.8, 4) is 23.4 Å². The Bertz CT molecular complexity index is 1010. The predicted molar refractivity (Wildman–Crippen MR) is 90.9 cm³/mol. The second-order valence-electron chi connectivity index (χ2n) is 5.98. The van der Waals surface area contributed by atoms with E-state index in [-0.39, 0.29) is 29.9 Å². The molecule has 0 fully saturated rings. The highest BCUT2D eigenvalue weighted by Crippen LogP contribution is 2.51. The fourth-order valence-electron chi connectivity index (χ4n) is 3.40. The molecule has 0 saturated carbocycles. The molecule has 3 rings (SSSR count). The highest BCUT2D eigenvalue weighted by molar-refractivity contribution is 5.86. The van der Waals surface area contributed by atoms with Gasteiger partial charge in [0.25, 0.3) is 0 Å². The van der Waals surface area contributed by atoms with Crippen LogP contribution in [0.2, 0.25) is 0 Å². The van der Waals surface area contributed by atoms with Gasteiger partial charge < -0.3 is 9.47 Å². The van der Waals surface area contributed by atoms with Crippen LogP contribution >= 0.6 is 0 Å².